The van der Waals surface area contributed by atoms with Crippen molar-refractivity contribution in [3.63, 3.8) is 0 Å². The topological polar surface area (TPSA) is 116 Å². The standard InChI is InChI=1S/C14H22O8/c1-14(2,3)22-13(19)7-6-12(18)21-9-8-20-11(17)5-4-10(15)16/h4-9H2,1-3H3,(H,15,16). The van der Waals surface area contributed by atoms with Gasteiger partial charge in [-0.1, -0.05) is 0 Å². The van der Waals surface area contributed by atoms with Gasteiger partial charge in [-0.05, 0) is 20.8 Å². The Bertz CT molecular complexity index is 408. The number of esters is 3. The monoisotopic (exact) mass is 318 g/mol. The number of carboxylic acids is 1. The van der Waals surface area contributed by atoms with Crippen LogP contribution in [0.15, 0.2) is 0 Å². The zero-order valence-electron chi connectivity index (χ0n) is 13.0. The first-order valence-electron chi connectivity index (χ1n) is 6.85. The Labute approximate surface area is 128 Å². The van der Waals surface area contributed by atoms with E-state index in [-0.39, 0.29) is 38.9 Å². The van der Waals surface area contributed by atoms with Gasteiger partial charge >= 0.3 is 23.9 Å². The van der Waals surface area contributed by atoms with Crippen LogP contribution in [0.2, 0.25) is 0 Å². The van der Waals surface area contributed by atoms with Crippen molar-refractivity contribution in [1.82, 2.24) is 0 Å². The minimum Gasteiger partial charge on any atom is -0.481 e. The van der Waals surface area contributed by atoms with Crippen molar-refractivity contribution >= 4 is 23.9 Å². The van der Waals surface area contributed by atoms with Crippen molar-refractivity contribution in [2.24, 2.45) is 0 Å². The molecule has 0 fully saturated rings. The quantitative estimate of drug-likeness (QED) is 0.381. The average Bonchev–Trinajstić information content (AvgIpc) is 2.37. The summed E-state index contributed by atoms with van der Waals surface area (Å²) >= 11 is 0. The Kier molecular flexibility index (Phi) is 8.81. The third kappa shape index (κ3) is 12.9. The van der Waals surface area contributed by atoms with Crippen LogP contribution >= 0.6 is 0 Å². The molecule has 0 saturated carbocycles. The van der Waals surface area contributed by atoms with E-state index in [4.69, 9.17) is 14.6 Å². The number of carbonyl (C=O) groups is 4. The zero-order valence-corrected chi connectivity index (χ0v) is 13.0. The van der Waals surface area contributed by atoms with Gasteiger partial charge in [-0.15, -0.1) is 0 Å². The molecule has 22 heavy (non-hydrogen) atoms. The van der Waals surface area contributed by atoms with Crippen molar-refractivity contribution in [2.75, 3.05) is 13.2 Å². The second kappa shape index (κ2) is 9.75. The van der Waals surface area contributed by atoms with E-state index in [1.54, 1.807) is 20.8 Å². The van der Waals surface area contributed by atoms with Crippen LogP contribution in [-0.2, 0) is 33.4 Å². The molecular weight excluding hydrogens is 296 g/mol. The summed E-state index contributed by atoms with van der Waals surface area (Å²) in [5, 5.41) is 8.37. The van der Waals surface area contributed by atoms with E-state index in [1.807, 2.05) is 0 Å². The molecule has 1 N–H and O–H groups in total. The molecule has 0 bridgehead atoms. The Morgan fingerprint density at radius 1 is 0.773 bits per heavy atom. The van der Waals surface area contributed by atoms with Crippen molar-refractivity contribution in [1.29, 1.82) is 0 Å². The van der Waals surface area contributed by atoms with E-state index < -0.39 is 29.5 Å². The van der Waals surface area contributed by atoms with E-state index in [0.717, 1.165) is 0 Å². The summed E-state index contributed by atoms with van der Waals surface area (Å²) in [5.74, 6) is -2.87. The van der Waals surface area contributed by atoms with Gasteiger partial charge in [-0.2, -0.15) is 0 Å². The molecule has 8 heteroatoms. The number of ether oxygens (including phenoxy) is 3. The van der Waals surface area contributed by atoms with E-state index in [1.165, 1.54) is 0 Å². The van der Waals surface area contributed by atoms with Gasteiger partial charge in [-0.3, -0.25) is 19.2 Å². The predicted octanol–water partition coefficient (Wildman–Crippen LogP) is 1.06. The molecule has 0 amide bonds. The number of carboxylic acid groups (broad SMARTS) is 1. The van der Waals surface area contributed by atoms with Crippen LogP contribution in [0.25, 0.3) is 0 Å². The maximum Gasteiger partial charge on any atom is 0.306 e. The maximum atomic E-state index is 11.4. The SMILES string of the molecule is CC(C)(C)OC(=O)CCC(=O)OCCOC(=O)CCC(=O)O. The van der Waals surface area contributed by atoms with Crippen LogP contribution in [0.4, 0.5) is 0 Å². The molecule has 0 aliphatic carbocycles. The van der Waals surface area contributed by atoms with Gasteiger partial charge < -0.3 is 19.3 Å². The molecule has 0 heterocycles. The third-order valence-electron chi connectivity index (χ3n) is 2.11. The number of carbonyl (C=O) groups excluding carboxylic acids is 3. The Hall–Kier alpha value is -2.12. The Morgan fingerprint density at radius 3 is 1.59 bits per heavy atom. The highest BCUT2D eigenvalue weighted by Crippen LogP contribution is 2.09. The van der Waals surface area contributed by atoms with Crippen LogP contribution in [0.1, 0.15) is 46.5 Å². The Morgan fingerprint density at radius 2 is 1.18 bits per heavy atom. The number of rotatable bonds is 9. The fraction of sp³-hybridized carbons (Fsp3) is 0.714. The summed E-state index contributed by atoms with van der Waals surface area (Å²) in [7, 11) is 0. The first kappa shape index (κ1) is 19.9. The molecule has 0 spiro atoms. The summed E-state index contributed by atoms with van der Waals surface area (Å²) < 4.78 is 14.4. The Balaban J connectivity index is 3.68. The molecule has 0 saturated heterocycles. The summed E-state index contributed by atoms with van der Waals surface area (Å²) in [4.78, 5) is 44.0. The van der Waals surface area contributed by atoms with Gasteiger partial charge in [0.1, 0.15) is 18.8 Å². The van der Waals surface area contributed by atoms with Crippen LogP contribution in [-0.4, -0.2) is 47.8 Å². The summed E-state index contributed by atoms with van der Waals surface area (Å²) in [6.45, 7) is 4.87. The van der Waals surface area contributed by atoms with Crippen molar-refractivity contribution in [2.45, 2.75) is 52.1 Å². The number of aliphatic carboxylic acids is 1. The lowest BCUT2D eigenvalue weighted by Gasteiger charge is -2.19. The second-order valence-corrected chi connectivity index (χ2v) is 5.42. The molecule has 0 aliphatic heterocycles. The summed E-state index contributed by atoms with van der Waals surface area (Å²) in [6.07, 6.45) is -0.757. The maximum absolute atomic E-state index is 11.4. The fourth-order valence-corrected chi connectivity index (χ4v) is 1.26. The van der Waals surface area contributed by atoms with E-state index in [0.29, 0.717) is 0 Å². The molecule has 0 unspecified atom stereocenters. The van der Waals surface area contributed by atoms with Crippen LogP contribution in [0.5, 0.6) is 0 Å². The van der Waals surface area contributed by atoms with Gasteiger partial charge in [-0.25, -0.2) is 0 Å². The number of hydrogen-bond acceptors (Lipinski definition) is 7. The van der Waals surface area contributed by atoms with Gasteiger partial charge in [0.2, 0.25) is 0 Å². The molecule has 0 radical (unpaired) electrons. The minimum absolute atomic E-state index is 0.0888. The van der Waals surface area contributed by atoms with Crippen molar-refractivity contribution in [3.05, 3.63) is 0 Å². The van der Waals surface area contributed by atoms with Gasteiger partial charge in [0.25, 0.3) is 0 Å². The van der Waals surface area contributed by atoms with E-state index >= 15 is 0 Å². The smallest absolute Gasteiger partial charge is 0.306 e. The normalized spacial score (nSPS) is 10.7. The van der Waals surface area contributed by atoms with Crippen LogP contribution in [0.3, 0.4) is 0 Å². The van der Waals surface area contributed by atoms with Crippen LogP contribution < -0.4 is 0 Å². The lowest BCUT2D eigenvalue weighted by atomic mass is 10.2. The largest absolute Gasteiger partial charge is 0.481 e. The average molecular weight is 318 g/mol. The molecule has 126 valence electrons. The lowest BCUT2D eigenvalue weighted by molar-refractivity contribution is -0.159. The lowest BCUT2D eigenvalue weighted by Crippen LogP contribution is -2.24. The van der Waals surface area contributed by atoms with Gasteiger partial charge in [0.05, 0.1) is 25.7 Å². The van der Waals surface area contributed by atoms with E-state index in [9.17, 15) is 19.2 Å². The van der Waals surface area contributed by atoms with Gasteiger partial charge in [0.15, 0.2) is 0 Å². The fourth-order valence-electron chi connectivity index (χ4n) is 1.26. The molecule has 0 aromatic carbocycles. The van der Waals surface area contributed by atoms with E-state index in [2.05, 4.69) is 4.74 Å². The first-order valence-corrected chi connectivity index (χ1v) is 6.85. The van der Waals surface area contributed by atoms with Crippen LogP contribution in [0, 0.1) is 0 Å². The molecule has 0 rings (SSSR count). The van der Waals surface area contributed by atoms with Crippen molar-refractivity contribution in [3.8, 4) is 0 Å². The molecule has 0 aromatic rings. The molecule has 0 atom stereocenters. The molecule has 0 aromatic heterocycles. The summed E-state index contributed by atoms with van der Waals surface area (Å²) in [5.41, 5.74) is -0.606. The highest BCUT2D eigenvalue weighted by Gasteiger charge is 2.17. The molecular formula is C14H22O8. The predicted molar refractivity (Wildman–Crippen MR) is 73.9 cm³/mol. The highest BCUT2D eigenvalue weighted by molar-refractivity contribution is 5.78. The molecule has 0 aliphatic rings. The van der Waals surface area contributed by atoms with Gasteiger partial charge in [0, 0.05) is 0 Å². The van der Waals surface area contributed by atoms with Crippen molar-refractivity contribution < 1.29 is 38.5 Å². The minimum atomic E-state index is -1.09. The zero-order chi connectivity index (χ0) is 17.2. The molecule has 8 nitrogen and oxygen atoms in total. The first-order chi connectivity index (χ1) is 10.1. The third-order valence-corrected chi connectivity index (χ3v) is 2.11. The number of hydrogen-bond donors (Lipinski definition) is 1. The second-order valence-electron chi connectivity index (χ2n) is 5.42. The summed E-state index contributed by atoms with van der Waals surface area (Å²) in [6, 6.07) is 0. The highest BCUT2D eigenvalue weighted by atomic mass is 16.6.